The van der Waals surface area contributed by atoms with Crippen molar-refractivity contribution in [2.75, 3.05) is 7.11 Å². The number of nitrogens with zero attached hydrogens (tertiary/aromatic N) is 1. The molecule has 2 rings (SSSR count). The maximum Gasteiger partial charge on any atom is 0.331 e. The largest absolute Gasteiger partial charge is 0.497 e. The Morgan fingerprint density at radius 2 is 1.75 bits per heavy atom. The fourth-order valence-corrected chi connectivity index (χ4v) is 2.18. The molecule has 0 saturated heterocycles. The van der Waals surface area contributed by atoms with Crippen LogP contribution in [0, 0.1) is 5.92 Å². The zero-order valence-electron chi connectivity index (χ0n) is 14.3. The predicted octanol–water partition coefficient (Wildman–Crippen LogP) is 3.88. The van der Waals surface area contributed by atoms with E-state index >= 15 is 0 Å². The molecular weight excluding hydrogens is 302 g/mol. The van der Waals surface area contributed by atoms with Crippen LogP contribution in [-0.4, -0.2) is 25.3 Å². The van der Waals surface area contributed by atoms with Crippen molar-refractivity contribution in [2.24, 2.45) is 10.9 Å². The summed E-state index contributed by atoms with van der Waals surface area (Å²) in [6.07, 6.45) is 1.70. The Hall–Kier alpha value is -2.62. The second kappa shape index (κ2) is 8.87. The highest BCUT2D eigenvalue weighted by Crippen LogP contribution is 2.13. The maximum atomic E-state index is 12.3. The zero-order chi connectivity index (χ0) is 17.4. The zero-order valence-corrected chi connectivity index (χ0v) is 14.3. The molecule has 0 aromatic heterocycles. The van der Waals surface area contributed by atoms with Crippen molar-refractivity contribution in [3.8, 4) is 5.75 Å². The minimum Gasteiger partial charge on any atom is -0.497 e. The average Bonchev–Trinajstić information content (AvgIpc) is 2.61. The Morgan fingerprint density at radius 1 is 1.08 bits per heavy atom. The number of carbonyl (C=O) groups excluding carboxylic acids is 1. The van der Waals surface area contributed by atoms with Crippen molar-refractivity contribution in [1.29, 1.82) is 0 Å². The average molecular weight is 325 g/mol. The molecule has 0 saturated carbocycles. The maximum absolute atomic E-state index is 12.3. The molecule has 4 heteroatoms. The van der Waals surface area contributed by atoms with E-state index in [4.69, 9.17) is 9.47 Å². The monoisotopic (exact) mass is 325 g/mol. The van der Waals surface area contributed by atoms with Crippen molar-refractivity contribution in [3.63, 3.8) is 0 Å². The van der Waals surface area contributed by atoms with Gasteiger partial charge in [-0.1, -0.05) is 44.2 Å². The van der Waals surface area contributed by atoms with E-state index in [0.717, 1.165) is 16.9 Å². The fraction of sp³-hybridized carbons (Fsp3) is 0.300. The summed E-state index contributed by atoms with van der Waals surface area (Å²) in [5.74, 6) is 0.538. The van der Waals surface area contributed by atoms with Crippen molar-refractivity contribution in [2.45, 2.75) is 26.5 Å². The molecule has 0 aliphatic rings. The Balaban J connectivity index is 1.99. The van der Waals surface area contributed by atoms with Gasteiger partial charge in [-0.25, -0.2) is 4.79 Å². The van der Waals surface area contributed by atoms with Crippen LogP contribution in [0.5, 0.6) is 5.75 Å². The van der Waals surface area contributed by atoms with E-state index in [1.807, 2.05) is 68.4 Å². The topological polar surface area (TPSA) is 47.9 Å². The standard InChI is InChI=1S/C20H23NO3/c1-15(2)19(20(22)24-14-17-7-5-4-6-8-17)21-13-16-9-11-18(23-3)12-10-16/h4-13,15,19H,14H2,1-3H3/b21-13+/t19-/m0/s1. The van der Waals surface area contributed by atoms with Crippen LogP contribution < -0.4 is 4.74 Å². The number of benzene rings is 2. The first kappa shape index (κ1) is 17.7. The molecule has 0 aliphatic carbocycles. The van der Waals surface area contributed by atoms with Crippen molar-refractivity contribution >= 4 is 12.2 Å². The van der Waals surface area contributed by atoms with Crippen molar-refractivity contribution in [3.05, 3.63) is 65.7 Å². The first-order valence-corrected chi connectivity index (χ1v) is 7.98. The van der Waals surface area contributed by atoms with Crippen LogP contribution in [0.2, 0.25) is 0 Å². The van der Waals surface area contributed by atoms with Crippen LogP contribution in [0.1, 0.15) is 25.0 Å². The van der Waals surface area contributed by atoms with Crippen molar-refractivity contribution in [1.82, 2.24) is 0 Å². The number of methoxy groups -OCH3 is 1. The van der Waals surface area contributed by atoms with E-state index in [1.165, 1.54) is 0 Å². The highest BCUT2D eigenvalue weighted by Gasteiger charge is 2.22. The second-order valence-corrected chi connectivity index (χ2v) is 5.83. The third kappa shape index (κ3) is 5.23. The quantitative estimate of drug-likeness (QED) is 0.573. The van der Waals surface area contributed by atoms with Crippen LogP contribution in [-0.2, 0) is 16.1 Å². The lowest BCUT2D eigenvalue weighted by molar-refractivity contribution is -0.147. The summed E-state index contributed by atoms with van der Waals surface area (Å²) in [6, 6.07) is 16.6. The molecule has 0 fully saturated rings. The molecule has 4 nitrogen and oxygen atoms in total. The Labute approximate surface area is 143 Å². The summed E-state index contributed by atoms with van der Waals surface area (Å²) in [7, 11) is 1.63. The summed E-state index contributed by atoms with van der Waals surface area (Å²) in [4.78, 5) is 16.7. The SMILES string of the molecule is COc1ccc(/C=N/[C@H](C(=O)OCc2ccccc2)C(C)C)cc1. The lowest BCUT2D eigenvalue weighted by atomic mass is 10.1. The summed E-state index contributed by atoms with van der Waals surface area (Å²) in [6.45, 7) is 4.18. The van der Waals surface area contributed by atoms with E-state index in [2.05, 4.69) is 4.99 Å². The second-order valence-electron chi connectivity index (χ2n) is 5.83. The van der Waals surface area contributed by atoms with Crippen LogP contribution in [0.15, 0.2) is 59.6 Å². The number of ether oxygens (including phenoxy) is 2. The molecule has 0 bridgehead atoms. The highest BCUT2D eigenvalue weighted by atomic mass is 16.5. The van der Waals surface area contributed by atoms with E-state index < -0.39 is 6.04 Å². The Morgan fingerprint density at radius 3 is 2.33 bits per heavy atom. The predicted molar refractivity (Wildman–Crippen MR) is 95.5 cm³/mol. The van der Waals surface area contributed by atoms with Crippen LogP contribution >= 0.6 is 0 Å². The third-order valence-corrected chi connectivity index (χ3v) is 3.60. The molecule has 0 unspecified atom stereocenters. The van der Waals surface area contributed by atoms with Gasteiger partial charge < -0.3 is 9.47 Å². The molecule has 0 spiro atoms. The molecular formula is C20H23NO3. The van der Waals surface area contributed by atoms with E-state index in [-0.39, 0.29) is 18.5 Å². The first-order valence-electron chi connectivity index (χ1n) is 7.98. The number of hydrogen-bond donors (Lipinski definition) is 0. The van der Waals surface area contributed by atoms with Crippen molar-refractivity contribution < 1.29 is 14.3 Å². The minimum absolute atomic E-state index is 0.0581. The Kier molecular flexibility index (Phi) is 6.55. The van der Waals surface area contributed by atoms with E-state index in [1.54, 1.807) is 13.3 Å². The molecule has 2 aromatic carbocycles. The number of esters is 1. The van der Waals surface area contributed by atoms with Crippen LogP contribution in [0.25, 0.3) is 0 Å². The van der Waals surface area contributed by atoms with Gasteiger partial charge in [-0.2, -0.15) is 0 Å². The lowest BCUT2D eigenvalue weighted by Gasteiger charge is -2.15. The third-order valence-electron chi connectivity index (χ3n) is 3.60. The van der Waals surface area contributed by atoms with E-state index in [9.17, 15) is 4.79 Å². The fourth-order valence-electron chi connectivity index (χ4n) is 2.18. The van der Waals surface area contributed by atoms with Gasteiger partial charge in [0.25, 0.3) is 0 Å². The molecule has 0 heterocycles. The normalized spacial score (nSPS) is 12.3. The van der Waals surface area contributed by atoms with Gasteiger partial charge in [-0.15, -0.1) is 0 Å². The van der Waals surface area contributed by atoms with Gasteiger partial charge in [0.1, 0.15) is 18.4 Å². The molecule has 0 radical (unpaired) electrons. The Bertz CT molecular complexity index is 663. The number of rotatable bonds is 7. The summed E-state index contributed by atoms with van der Waals surface area (Å²) < 4.78 is 10.5. The molecule has 1 atom stereocenters. The van der Waals surface area contributed by atoms with Gasteiger partial charge in [0.2, 0.25) is 0 Å². The highest BCUT2D eigenvalue weighted by molar-refractivity contribution is 5.84. The van der Waals surface area contributed by atoms with Crippen LogP contribution in [0.3, 0.4) is 0 Å². The molecule has 0 aliphatic heterocycles. The van der Waals surface area contributed by atoms with Gasteiger partial charge >= 0.3 is 5.97 Å². The van der Waals surface area contributed by atoms with E-state index in [0.29, 0.717) is 0 Å². The number of aliphatic imine (C=N–C) groups is 1. The number of carbonyl (C=O) groups is 1. The summed E-state index contributed by atoms with van der Waals surface area (Å²) >= 11 is 0. The van der Waals surface area contributed by atoms with Gasteiger partial charge in [-0.05, 0) is 41.3 Å². The molecule has 0 N–H and O–H groups in total. The number of hydrogen-bond acceptors (Lipinski definition) is 4. The van der Waals surface area contributed by atoms with Gasteiger partial charge in [0, 0.05) is 6.21 Å². The lowest BCUT2D eigenvalue weighted by Crippen LogP contribution is -2.27. The molecule has 2 aromatic rings. The van der Waals surface area contributed by atoms with Gasteiger partial charge in [0.05, 0.1) is 7.11 Å². The summed E-state index contributed by atoms with van der Waals surface area (Å²) in [5, 5.41) is 0. The van der Waals surface area contributed by atoms with Gasteiger partial charge in [0.15, 0.2) is 0 Å². The summed E-state index contributed by atoms with van der Waals surface area (Å²) in [5.41, 5.74) is 1.88. The molecule has 126 valence electrons. The molecule has 24 heavy (non-hydrogen) atoms. The molecule has 0 amide bonds. The minimum atomic E-state index is -0.518. The van der Waals surface area contributed by atoms with Crippen LogP contribution in [0.4, 0.5) is 0 Å². The smallest absolute Gasteiger partial charge is 0.331 e. The van der Waals surface area contributed by atoms with Gasteiger partial charge in [-0.3, -0.25) is 4.99 Å². The first-order chi connectivity index (χ1) is 11.6.